The van der Waals surface area contributed by atoms with E-state index in [4.69, 9.17) is 14.7 Å². The fourth-order valence-electron chi connectivity index (χ4n) is 1.54. The first-order valence-corrected chi connectivity index (χ1v) is 6.29. The van der Waals surface area contributed by atoms with Crippen LogP contribution in [0.3, 0.4) is 0 Å². The van der Waals surface area contributed by atoms with E-state index < -0.39 is 11.5 Å². The van der Waals surface area contributed by atoms with E-state index in [2.05, 4.69) is 6.07 Å². The van der Waals surface area contributed by atoms with Gasteiger partial charge in [-0.1, -0.05) is 12.1 Å². The molecule has 1 atom stereocenters. The summed E-state index contributed by atoms with van der Waals surface area (Å²) in [5, 5.41) is 18.7. The summed E-state index contributed by atoms with van der Waals surface area (Å²) in [5.41, 5.74) is 0.318. The van der Waals surface area contributed by atoms with E-state index in [0.29, 0.717) is 19.6 Å². The summed E-state index contributed by atoms with van der Waals surface area (Å²) in [6.45, 7) is 4.37. The average molecular weight is 263 g/mol. The highest BCUT2D eigenvalue weighted by atomic mass is 16.5. The molecule has 0 amide bonds. The van der Waals surface area contributed by atoms with Gasteiger partial charge in [-0.05, 0) is 38.0 Å². The molecule has 0 aliphatic carbocycles. The molecule has 0 heterocycles. The van der Waals surface area contributed by atoms with Crippen LogP contribution in [0.5, 0.6) is 5.75 Å². The number of nitriles is 1. The van der Waals surface area contributed by atoms with Crippen LogP contribution in [0.25, 0.3) is 0 Å². The molecule has 1 aromatic rings. The zero-order valence-corrected chi connectivity index (χ0v) is 11.7. The van der Waals surface area contributed by atoms with Gasteiger partial charge in [0.05, 0.1) is 31.3 Å². The van der Waals surface area contributed by atoms with Crippen molar-refractivity contribution in [2.75, 3.05) is 13.7 Å². The number of benzene rings is 1. The quantitative estimate of drug-likeness (QED) is 0.768. The minimum Gasteiger partial charge on any atom is -0.497 e. The van der Waals surface area contributed by atoms with Gasteiger partial charge in [0, 0.05) is 6.61 Å². The molecule has 19 heavy (non-hydrogen) atoms. The summed E-state index contributed by atoms with van der Waals surface area (Å²) in [4.78, 5) is 0. The van der Waals surface area contributed by atoms with Gasteiger partial charge in [-0.3, -0.25) is 0 Å². The van der Waals surface area contributed by atoms with Crippen molar-refractivity contribution in [1.29, 1.82) is 5.26 Å². The number of rotatable bonds is 7. The van der Waals surface area contributed by atoms with Crippen LogP contribution < -0.4 is 4.74 Å². The Morgan fingerprint density at radius 3 is 2.47 bits per heavy atom. The topological polar surface area (TPSA) is 62.5 Å². The molecule has 1 rings (SSSR count). The Balaban J connectivity index is 2.29. The van der Waals surface area contributed by atoms with Crippen molar-refractivity contribution >= 4 is 0 Å². The molecule has 0 radical (unpaired) electrons. The molecule has 4 nitrogen and oxygen atoms in total. The van der Waals surface area contributed by atoms with Crippen LogP contribution in [0, 0.1) is 16.7 Å². The molecule has 104 valence electrons. The van der Waals surface area contributed by atoms with Crippen molar-refractivity contribution in [3.63, 3.8) is 0 Å². The molecule has 1 N–H and O–H groups in total. The molecule has 0 saturated heterocycles. The van der Waals surface area contributed by atoms with Crippen LogP contribution in [0.2, 0.25) is 0 Å². The van der Waals surface area contributed by atoms with E-state index in [1.807, 2.05) is 24.3 Å². The maximum atomic E-state index is 9.82. The van der Waals surface area contributed by atoms with Gasteiger partial charge >= 0.3 is 0 Å². The van der Waals surface area contributed by atoms with Crippen LogP contribution in [-0.2, 0) is 11.3 Å². The van der Waals surface area contributed by atoms with Gasteiger partial charge in [0.1, 0.15) is 5.75 Å². The number of methoxy groups -OCH3 is 1. The van der Waals surface area contributed by atoms with E-state index in [9.17, 15) is 5.11 Å². The summed E-state index contributed by atoms with van der Waals surface area (Å²) in [7, 11) is 1.63. The zero-order valence-electron chi connectivity index (χ0n) is 11.7. The number of hydrogen-bond acceptors (Lipinski definition) is 4. The first-order valence-electron chi connectivity index (χ1n) is 6.29. The van der Waals surface area contributed by atoms with Gasteiger partial charge < -0.3 is 14.6 Å². The summed E-state index contributed by atoms with van der Waals surface area (Å²) >= 11 is 0. The van der Waals surface area contributed by atoms with E-state index in [0.717, 1.165) is 11.3 Å². The van der Waals surface area contributed by atoms with E-state index in [1.165, 1.54) is 0 Å². The SMILES string of the molecule is COc1ccc(COCC[C@H](O)C(C)(C)C#N)cc1. The molecular weight excluding hydrogens is 242 g/mol. The van der Waals surface area contributed by atoms with Gasteiger partial charge in [-0.2, -0.15) is 5.26 Å². The van der Waals surface area contributed by atoms with Crippen LogP contribution in [0.4, 0.5) is 0 Å². The van der Waals surface area contributed by atoms with Gasteiger partial charge in [0.15, 0.2) is 0 Å². The highest BCUT2D eigenvalue weighted by molar-refractivity contribution is 5.26. The lowest BCUT2D eigenvalue weighted by molar-refractivity contribution is 0.0330. The van der Waals surface area contributed by atoms with Crippen molar-refractivity contribution < 1.29 is 14.6 Å². The first kappa shape index (κ1) is 15.5. The third kappa shape index (κ3) is 4.90. The van der Waals surface area contributed by atoms with E-state index >= 15 is 0 Å². The Morgan fingerprint density at radius 1 is 1.32 bits per heavy atom. The zero-order chi connectivity index (χ0) is 14.3. The lowest BCUT2D eigenvalue weighted by Crippen LogP contribution is -2.28. The van der Waals surface area contributed by atoms with Crippen LogP contribution >= 0.6 is 0 Å². The number of aliphatic hydroxyl groups excluding tert-OH is 1. The minimum absolute atomic E-state index is 0.429. The molecule has 0 aromatic heterocycles. The number of hydrogen-bond donors (Lipinski definition) is 1. The number of ether oxygens (including phenoxy) is 2. The predicted molar refractivity (Wildman–Crippen MR) is 72.7 cm³/mol. The predicted octanol–water partition coefficient (Wildman–Crippen LogP) is 2.51. The van der Waals surface area contributed by atoms with Gasteiger partial charge in [-0.25, -0.2) is 0 Å². The Kier molecular flexibility index (Phi) is 5.81. The molecular formula is C15H21NO3. The fraction of sp³-hybridized carbons (Fsp3) is 0.533. The number of aliphatic hydroxyl groups is 1. The molecule has 0 unspecified atom stereocenters. The average Bonchev–Trinajstić information content (AvgIpc) is 2.43. The standard InChI is InChI=1S/C15H21NO3/c1-15(2,11-16)14(17)8-9-19-10-12-4-6-13(18-3)7-5-12/h4-7,14,17H,8-10H2,1-3H3/t14-/m0/s1. The molecule has 0 bridgehead atoms. The first-order chi connectivity index (χ1) is 8.99. The Bertz CT molecular complexity index is 420. The Hall–Kier alpha value is -1.57. The molecule has 0 fully saturated rings. The van der Waals surface area contributed by atoms with Crippen LogP contribution in [0.1, 0.15) is 25.8 Å². The van der Waals surface area contributed by atoms with E-state index in [-0.39, 0.29) is 0 Å². The van der Waals surface area contributed by atoms with Gasteiger partial charge in [0.2, 0.25) is 0 Å². The maximum absolute atomic E-state index is 9.82. The Labute approximate surface area is 114 Å². The fourth-order valence-corrected chi connectivity index (χ4v) is 1.54. The molecule has 4 heteroatoms. The second-order valence-electron chi connectivity index (χ2n) is 5.04. The van der Waals surface area contributed by atoms with Crippen molar-refractivity contribution in [2.45, 2.75) is 33.0 Å². The van der Waals surface area contributed by atoms with Crippen LogP contribution in [-0.4, -0.2) is 24.9 Å². The van der Waals surface area contributed by atoms with Gasteiger partial charge in [0.25, 0.3) is 0 Å². The molecule has 0 aliphatic heterocycles. The highest BCUT2D eigenvalue weighted by Crippen LogP contribution is 2.21. The smallest absolute Gasteiger partial charge is 0.118 e. The monoisotopic (exact) mass is 263 g/mol. The second kappa shape index (κ2) is 7.13. The Morgan fingerprint density at radius 2 is 1.95 bits per heavy atom. The maximum Gasteiger partial charge on any atom is 0.118 e. The third-order valence-electron chi connectivity index (χ3n) is 3.08. The number of nitrogens with zero attached hydrogens (tertiary/aromatic N) is 1. The summed E-state index contributed by atoms with van der Waals surface area (Å²) < 4.78 is 10.6. The molecule has 0 saturated carbocycles. The summed E-state index contributed by atoms with van der Waals surface area (Å²) in [5.74, 6) is 0.815. The van der Waals surface area contributed by atoms with Gasteiger partial charge in [-0.15, -0.1) is 0 Å². The minimum atomic E-state index is -0.733. The summed E-state index contributed by atoms with van der Waals surface area (Å²) in [6, 6.07) is 9.73. The van der Waals surface area contributed by atoms with Crippen molar-refractivity contribution in [3.05, 3.63) is 29.8 Å². The molecule has 0 spiro atoms. The van der Waals surface area contributed by atoms with Crippen molar-refractivity contribution in [1.82, 2.24) is 0 Å². The largest absolute Gasteiger partial charge is 0.497 e. The van der Waals surface area contributed by atoms with Crippen molar-refractivity contribution in [2.24, 2.45) is 5.41 Å². The molecule has 0 aliphatic rings. The second-order valence-corrected chi connectivity index (χ2v) is 5.04. The lowest BCUT2D eigenvalue weighted by atomic mass is 9.87. The normalized spacial score (nSPS) is 12.8. The van der Waals surface area contributed by atoms with E-state index in [1.54, 1.807) is 21.0 Å². The van der Waals surface area contributed by atoms with Crippen LogP contribution in [0.15, 0.2) is 24.3 Å². The third-order valence-corrected chi connectivity index (χ3v) is 3.08. The molecule has 1 aromatic carbocycles. The summed E-state index contributed by atoms with van der Waals surface area (Å²) in [6.07, 6.45) is -0.218. The lowest BCUT2D eigenvalue weighted by Gasteiger charge is -2.22. The highest BCUT2D eigenvalue weighted by Gasteiger charge is 2.26. The van der Waals surface area contributed by atoms with Crippen molar-refractivity contribution in [3.8, 4) is 11.8 Å².